The van der Waals surface area contributed by atoms with Crippen molar-refractivity contribution in [3.63, 3.8) is 0 Å². The summed E-state index contributed by atoms with van der Waals surface area (Å²) in [6.07, 6.45) is 0.938. The lowest BCUT2D eigenvalue weighted by atomic mass is 10.0. The number of rotatable bonds is 5. The van der Waals surface area contributed by atoms with Gasteiger partial charge in [-0.15, -0.1) is 0 Å². The van der Waals surface area contributed by atoms with E-state index < -0.39 is 15.9 Å². The average molecular weight is 308 g/mol. The zero-order chi connectivity index (χ0) is 15.6. The first-order valence-corrected chi connectivity index (χ1v) is 8.72. The Morgan fingerprint density at radius 3 is 2.43 bits per heavy atom. The van der Waals surface area contributed by atoms with E-state index in [-0.39, 0.29) is 4.90 Å². The molecule has 0 radical (unpaired) electrons. The Labute approximate surface area is 125 Å². The zero-order valence-electron chi connectivity index (χ0n) is 12.4. The van der Waals surface area contributed by atoms with Crippen LogP contribution in [0.2, 0.25) is 0 Å². The summed E-state index contributed by atoms with van der Waals surface area (Å²) in [5.41, 5.74) is 2.59. The third-order valence-corrected chi connectivity index (χ3v) is 4.51. The van der Waals surface area contributed by atoms with Crippen molar-refractivity contribution in [2.45, 2.75) is 37.8 Å². The summed E-state index contributed by atoms with van der Waals surface area (Å²) >= 11 is 0. The topological polar surface area (TPSA) is 72.2 Å². The molecule has 0 spiro atoms. The van der Waals surface area contributed by atoms with Crippen LogP contribution in [0.25, 0.3) is 0 Å². The molecule has 0 aliphatic rings. The standard InChI is InChI=1S/C15H20N2O3S/c1-4-17-13(9-11(2)16-17)10-15(18)12-5-7-14(8-6-12)21(3,19)20/h5-9,15,18H,4,10H2,1-3H3. The summed E-state index contributed by atoms with van der Waals surface area (Å²) in [5.74, 6) is 0. The number of sulfone groups is 1. The van der Waals surface area contributed by atoms with E-state index >= 15 is 0 Å². The van der Waals surface area contributed by atoms with Crippen molar-refractivity contribution in [3.05, 3.63) is 47.3 Å². The molecule has 1 heterocycles. The molecular formula is C15H20N2O3S. The molecule has 21 heavy (non-hydrogen) atoms. The summed E-state index contributed by atoms with van der Waals surface area (Å²) < 4.78 is 24.7. The molecular weight excluding hydrogens is 288 g/mol. The van der Waals surface area contributed by atoms with Crippen molar-refractivity contribution >= 4 is 9.84 Å². The van der Waals surface area contributed by atoms with Gasteiger partial charge in [-0.3, -0.25) is 4.68 Å². The van der Waals surface area contributed by atoms with E-state index in [9.17, 15) is 13.5 Å². The van der Waals surface area contributed by atoms with Crippen molar-refractivity contribution in [1.29, 1.82) is 0 Å². The van der Waals surface area contributed by atoms with Gasteiger partial charge in [-0.05, 0) is 37.6 Å². The van der Waals surface area contributed by atoms with Gasteiger partial charge in [-0.2, -0.15) is 5.10 Å². The minimum Gasteiger partial charge on any atom is -0.388 e. The summed E-state index contributed by atoms with van der Waals surface area (Å²) in [4.78, 5) is 0.257. The van der Waals surface area contributed by atoms with Crippen molar-refractivity contribution in [3.8, 4) is 0 Å². The van der Waals surface area contributed by atoms with Crippen LogP contribution in [0.3, 0.4) is 0 Å². The van der Waals surface area contributed by atoms with Crippen molar-refractivity contribution in [2.24, 2.45) is 0 Å². The summed E-state index contributed by atoms with van der Waals surface area (Å²) in [7, 11) is -3.21. The maximum Gasteiger partial charge on any atom is 0.175 e. The van der Waals surface area contributed by atoms with Crippen LogP contribution in [0.5, 0.6) is 0 Å². The van der Waals surface area contributed by atoms with Gasteiger partial charge in [0.05, 0.1) is 16.7 Å². The monoisotopic (exact) mass is 308 g/mol. The Kier molecular flexibility index (Phi) is 4.49. The van der Waals surface area contributed by atoms with Crippen LogP contribution in [0.15, 0.2) is 35.2 Å². The lowest BCUT2D eigenvalue weighted by Gasteiger charge is -2.12. The SMILES string of the molecule is CCn1nc(C)cc1CC(O)c1ccc(S(C)(=O)=O)cc1. The van der Waals surface area contributed by atoms with Crippen LogP contribution >= 0.6 is 0 Å². The van der Waals surface area contributed by atoms with Crippen LogP contribution in [-0.4, -0.2) is 29.6 Å². The second-order valence-electron chi connectivity index (χ2n) is 5.15. The Morgan fingerprint density at radius 1 is 1.29 bits per heavy atom. The van der Waals surface area contributed by atoms with Crippen LogP contribution in [-0.2, 0) is 22.8 Å². The number of aromatic nitrogens is 2. The van der Waals surface area contributed by atoms with E-state index in [1.165, 1.54) is 18.4 Å². The number of nitrogens with zero attached hydrogens (tertiary/aromatic N) is 2. The van der Waals surface area contributed by atoms with Gasteiger partial charge in [0.1, 0.15) is 0 Å². The highest BCUT2D eigenvalue weighted by molar-refractivity contribution is 7.90. The third-order valence-electron chi connectivity index (χ3n) is 3.38. The van der Waals surface area contributed by atoms with E-state index in [0.29, 0.717) is 12.0 Å². The van der Waals surface area contributed by atoms with Crippen molar-refractivity contribution in [2.75, 3.05) is 6.26 Å². The van der Waals surface area contributed by atoms with Gasteiger partial charge in [0, 0.05) is 24.9 Å². The molecule has 0 bridgehead atoms. The highest BCUT2D eigenvalue weighted by Gasteiger charge is 2.14. The average Bonchev–Trinajstić information content (AvgIpc) is 2.78. The number of benzene rings is 1. The number of aryl methyl sites for hydroxylation is 2. The summed E-state index contributed by atoms with van der Waals surface area (Å²) in [6.45, 7) is 4.68. The number of hydrogen-bond donors (Lipinski definition) is 1. The maximum atomic E-state index is 11.4. The van der Waals surface area contributed by atoms with Crippen LogP contribution in [0.1, 0.15) is 30.0 Å². The Balaban J connectivity index is 2.18. The lowest BCUT2D eigenvalue weighted by molar-refractivity contribution is 0.175. The molecule has 1 aromatic carbocycles. The van der Waals surface area contributed by atoms with Crippen LogP contribution < -0.4 is 0 Å². The Morgan fingerprint density at radius 2 is 1.90 bits per heavy atom. The highest BCUT2D eigenvalue weighted by Crippen LogP contribution is 2.21. The molecule has 1 aromatic heterocycles. The molecule has 0 amide bonds. The van der Waals surface area contributed by atoms with E-state index in [4.69, 9.17) is 0 Å². The minimum atomic E-state index is -3.21. The second kappa shape index (κ2) is 5.99. The Bertz CT molecular complexity index is 718. The molecule has 1 N–H and O–H groups in total. The fraction of sp³-hybridized carbons (Fsp3) is 0.400. The molecule has 2 aromatic rings. The first-order chi connectivity index (χ1) is 9.81. The molecule has 0 aliphatic heterocycles. The molecule has 1 atom stereocenters. The fourth-order valence-corrected chi connectivity index (χ4v) is 2.92. The van der Waals surface area contributed by atoms with Gasteiger partial charge < -0.3 is 5.11 Å². The van der Waals surface area contributed by atoms with Gasteiger partial charge >= 0.3 is 0 Å². The first-order valence-electron chi connectivity index (χ1n) is 6.82. The molecule has 0 saturated heterocycles. The number of aliphatic hydroxyl groups is 1. The fourth-order valence-electron chi connectivity index (χ4n) is 2.29. The Hall–Kier alpha value is -1.66. The van der Waals surface area contributed by atoms with Gasteiger partial charge in [-0.25, -0.2) is 8.42 Å². The smallest absolute Gasteiger partial charge is 0.175 e. The largest absolute Gasteiger partial charge is 0.388 e. The van der Waals surface area contributed by atoms with E-state index in [1.54, 1.807) is 12.1 Å². The maximum absolute atomic E-state index is 11.4. The quantitative estimate of drug-likeness (QED) is 0.915. The van der Waals surface area contributed by atoms with Crippen molar-refractivity contribution < 1.29 is 13.5 Å². The molecule has 0 fully saturated rings. The van der Waals surface area contributed by atoms with E-state index in [0.717, 1.165) is 17.9 Å². The van der Waals surface area contributed by atoms with E-state index in [2.05, 4.69) is 5.10 Å². The zero-order valence-corrected chi connectivity index (χ0v) is 13.3. The van der Waals surface area contributed by atoms with Crippen LogP contribution in [0, 0.1) is 6.92 Å². The van der Waals surface area contributed by atoms with Crippen molar-refractivity contribution in [1.82, 2.24) is 9.78 Å². The van der Waals surface area contributed by atoms with Gasteiger partial charge in [0.25, 0.3) is 0 Å². The molecule has 6 heteroatoms. The predicted octanol–water partition coefficient (Wildman–Crippen LogP) is 1.89. The number of hydrogen-bond acceptors (Lipinski definition) is 4. The lowest BCUT2D eigenvalue weighted by Crippen LogP contribution is -2.08. The normalized spacial score (nSPS) is 13.3. The summed E-state index contributed by atoms with van der Waals surface area (Å²) in [5, 5.41) is 14.7. The molecule has 5 nitrogen and oxygen atoms in total. The van der Waals surface area contributed by atoms with E-state index in [1.807, 2.05) is 24.6 Å². The van der Waals surface area contributed by atoms with Crippen LogP contribution in [0.4, 0.5) is 0 Å². The first kappa shape index (κ1) is 15.7. The molecule has 2 rings (SSSR count). The molecule has 114 valence electrons. The third kappa shape index (κ3) is 3.71. The van der Waals surface area contributed by atoms with Gasteiger partial charge in [0.15, 0.2) is 9.84 Å². The molecule has 0 aliphatic carbocycles. The number of aliphatic hydroxyl groups excluding tert-OH is 1. The summed E-state index contributed by atoms with van der Waals surface area (Å²) in [6, 6.07) is 8.31. The molecule has 1 unspecified atom stereocenters. The molecule has 0 saturated carbocycles. The minimum absolute atomic E-state index is 0.257. The predicted molar refractivity (Wildman–Crippen MR) is 80.9 cm³/mol. The highest BCUT2D eigenvalue weighted by atomic mass is 32.2. The van der Waals surface area contributed by atoms with Gasteiger partial charge in [-0.1, -0.05) is 12.1 Å². The second-order valence-corrected chi connectivity index (χ2v) is 7.17. The van der Waals surface area contributed by atoms with Gasteiger partial charge in [0.2, 0.25) is 0 Å².